The molecule has 19 heavy (non-hydrogen) atoms. The van der Waals surface area contributed by atoms with Gasteiger partial charge >= 0.3 is 0 Å². The van der Waals surface area contributed by atoms with Crippen LogP contribution in [0.25, 0.3) is 0 Å². The molecule has 1 rings (SSSR count). The molecule has 0 heterocycles. The maximum absolute atomic E-state index is 11.5. The van der Waals surface area contributed by atoms with Crippen LogP contribution in [0.5, 0.6) is 0 Å². The van der Waals surface area contributed by atoms with Gasteiger partial charge in [-0.1, -0.05) is 26.0 Å². The minimum Gasteiger partial charge on any atom is -0.326 e. The van der Waals surface area contributed by atoms with Crippen LogP contribution in [0.3, 0.4) is 0 Å². The SMILES string of the molecule is CC(C)Cc1cccc(NC(=O)CCS(=O)(=O)O)c1. The van der Waals surface area contributed by atoms with Crippen molar-refractivity contribution in [3.8, 4) is 0 Å². The highest BCUT2D eigenvalue weighted by atomic mass is 32.2. The van der Waals surface area contributed by atoms with Crippen LogP contribution in [-0.2, 0) is 21.3 Å². The van der Waals surface area contributed by atoms with E-state index in [1.807, 2.05) is 18.2 Å². The second kappa shape index (κ2) is 6.68. The van der Waals surface area contributed by atoms with Crippen molar-refractivity contribution in [1.82, 2.24) is 0 Å². The third kappa shape index (κ3) is 6.93. The number of carbonyl (C=O) groups is 1. The van der Waals surface area contributed by atoms with Crippen LogP contribution in [0.2, 0.25) is 0 Å². The Morgan fingerprint density at radius 3 is 2.63 bits per heavy atom. The quantitative estimate of drug-likeness (QED) is 0.784. The lowest BCUT2D eigenvalue weighted by Crippen LogP contribution is -2.16. The summed E-state index contributed by atoms with van der Waals surface area (Å²) in [6.07, 6.45) is 0.655. The van der Waals surface area contributed by atoms with Gasteiger partial charge in [0.2, 0.25) is 5.91 Å². The number of amides is 1. The molecule has 0 saturated carbocycles. The molecule has 0 fully saturated rings. The van der Waals surface area contributed by atoms with E-state index in [1.165, 1.54) is 0 Å². The lowest BCUT2D eigenvalue weighted by Gasteiger charge is -2.08. The Kier molecular flexibility index (Phi) is 5.50. The molecule has 1 aromatic rings. The van der Waals surface area contributed by atoms with Crippen molar-refractivity contribution >= 4 is 21.7 Å². The summed E-state index contributed by atoms with van der Waals surface area (Å²) in [5.41, 5.74) is 1.75. The van der Waals surface area contributed by atoms with E-state index in [0.29, 0.717) is 11.6 Å². The van der Waals surface area contributed by atoms with Gasteiger partial charge in [-0.2, -0.15) is 8.42 Å². The van der Waals surface area contributed by atoms with E-state index in [-0.39, 0.29) is 6.42 Å². The number of nitrogens with one attached hydrogen (secondary N) is 1. The highest BCUT2D eigenvalue weighted by Crippen LogP contribution is 2.14. The fourth-order valence-electron chi connectivity index (χ4n) is 1.69. The van der Waals surface area contributed by atoms with Gasteiger partial charge in [0.15, 0.2) is 0 Å². The van der Waals surface area contributed by atoms with E-state index in [0.717, 1.165) is 12.0 Å². The first-order valence-corrected chi connectivity index (χ1v) is 7.71. The number of benzene rings is 1. The lowest BCUT2D eigenvalue weighted by atomic mass is 10.0. The fourth-order valence-corrected chi connectivity index (χ4v) is 2.14. The third-order valence-corrected chi connectivity index (χ3v) is 3.16. The van der Waals surface area contributed by atoms with Gasteiger partial charge in [-0.15, -0.1) is 0 Å². The number of rotatable bonds is 6. The Labute approximate surface area is 113 Å². The van der Waals surface area contributed by atoms with Gasteiger partial charge in [-0.25, -0.2) is 0 Å². The van der Waals surface area contributed by atoms with Gasteiger partial charge in [0.05, 0.1) is 5.75 Å². The first-order valence-electron chi connectivity index (χ1n) is 6.10. The fraction of sp³-hybridized carbons (Fsp3) is 0.462. The Morgan fingerprint density at radius 1 is 1.37 bits per heavy atom. The molecule has 0 spiro atoms. The van der Waals surface area contributed by atoms with Crippen molar-refractivity contribution < 1.29 is 17.8 Å². The summed E-state index contributed by atoms with van der Waals surface area (Å²) in [6.45, 7) is 4.22. The Balaban J connectivity index is 2.59. The molecule has 0 aliphatic rings. The maximum atomic E-state index is 11.5. The molecule has 5 nitrogen and oxygen atoms in total. The standard InChI is InChI=1S/C13H19NO4S/c1-10(2)8-11-4-3-5-12(9-11)14-13(15)6-7-19(16,17)18/h3-5,9-10H,6-8H2,1-2H3,(H,14,15)(H,16,17,18). The summed E-state index contributed by atoms with van der Waals surface area (Å²) < 4.78 is 29.6. The zero-order valence-electron chi connectivity index (χ0n) is 11.1. The van der Waals surface area contributed by atoms with Crippen molar-refractivity contribution in [2.24, 2.45) is 5.92 Å². The van der Waals surface area contributed by atoms with Crippen LogP contribution in [-0.4, -0.2) is 24.6 Å². The minimum atomic E-state index is -4.10. The molecule has 0 bridgehead atoms. The Hall–Kier alpha value is -1.40. The van der Waals surface area contributed by atoms with Crippen LogP contribution in [0.4, 0.5) is 5.69 Å². The summed E-state index contributed by atoms with van der Waals surface area (Å²) in [7, 11) is -4.10. The highest BCUT2D eigenvalue weighted by Gasteiger charge is 2.10. The highest BCUT2D eigenvalue weighted by molar-refractivity contribution is 7.85. The van der Waals surface area contributed by atoms with Gasteiger partial charge in [0, 0.05) is 12.1 Å². The van der Waals surface area contributed by atoms with Gasteiger partial charge in [-0.3, -0.25) is 9.35 Å². The smallest absolute Gasteiger partial charge is 0.265 e. The monoisotopic (exact) mass is 285 g/mol. The Morgan fingerprint density at radius 2 is 2.05 bits per heavy atom. The largest absolute Gasteiger partial charge is 0.326 e. The number of anilines is 1. The lowest BCUT2D eigenvalue weighted by molar-refractivity contribution is -0.115. The van der Waals surface area contributed by atoms with Crippen molar-refractivity contribution in [1.29, 1.82) is 0 Å². The number of hydrogen-bond acceptors (Lipinski definition) is 3. The molecule has 0 atom stereocenters. The van der Waals surface area contributed by atoms with Gasteiger partial charge < -0.3 is 5.32 Å². The van der Waals surface area contributed by atoms with Gasteiger partial charge in [-0.05, 0) is 30.0 Å². The second-order valence-electron chi connectivity index (χ2n) is 4.88. The van der Waals surface area contributed by atoms with Crippen molar-refractivity contribution in [2.75, 3.05) is 11.1 Å². The first-order chi connectivity index (χ1) is 8.76. The normalized spacial score (nSPS) is 11.6. The first kappa shape index (κ1) is 15.7. The molecule has 6 heteroatoms. The molecule has 0 aliphatic carbocycles. The van der Waals surface area contributed by atoms with Crippen LogP contribution < -0.4 is 5.32 Å². The summed E-state index contributed by atoms with van der Waals surface area (Å²) in [4.78, 5) is 11.5. The average molecular weight is 285 g/mol. The molecule has 0 saturated heterocycles. The molecule has 0 unspecified atom stereocenters. The van der Waals surface area contributed by atoms with Crippen LogP contribution in [0.1, 0.15) is 25.8 Å². The minimum absolute atomic E-state index is 0.257. The average Bonchev–Trinajstić information content (AvgIpc) is 2.25. The molecular weight excluding hydrogens is 266 g/mol. The number of hydrogen-bond donors (Lipinski definition) is 2. The van der Waals surface area contributed by atoms with Crippen LogP contribution in [0, 0.1) is 5.92 Å². The zero-order valence-corrected chi connectivity index (χ0v) is 11.9. The van der Waals surface area contributed by atoms with E-state index in [4.69, 9.17) is 4.55 Å². The maximum Gasteiger partial charge on any atom is 0.265 e. The molecule has 0 radical (unpaired) electrons. The summed E-state index contributed by atoms with van der Waals surface area (Å²) in [6, 6.07) is 7.43. The Bertz CT molecular complexity index is 537. The molecule has 2 N–H and O–H groups in total. The molecule has 0 aromatic heterocycles. The van der Waals surface area contributed by atoms with Gasteiger partial charge in [0.1, 0.15) is 0 Å². The molecule has 1 aromatic carbocycles. The summed E-state index contributed by atoms with van der Waals surface area (Å²) in [5.74, 6) is -0.477. The molecular formula is C13H19NO4S. The van der Waals surface area contributed by atoms with Crippen molar-refractivity contribution in [3.05, 3.63) is 29.8 Å². The third-order valence-electron chi connectivity index (χ3n) is 2.44. The molecule has 106 valence electrons. The number of carbonyl (C=O) groups excluding carboxylic acids is 1. The van der Waals surface area contributed by atoms with Crippen molar-refractivity contribution in [3.63, 3.8) is 0 Å². The second-order valence-corrected chi connectivity index (χ2v) is 6.45. The predicted octanol–water partition coefficient (Wildman–Crippen LogP) is 2.10. The van der Waals surface area contributed by atoms with E-state index in [2.05, 4.69) is 19.2 Å². The predicted molar refractivity (Wildman–Crippen MR) is 74.6 cm³/mol. The topological polar surface area (TPSA) is 83.5 Å². The van der Waals surface area contributed by atoms with Crippen LogP contribution in [0.15, 0.2) is 24.3 Å². The van der Waals surface area contributed by atoms with E-state index < -0.39 is 21.8 Å². The van der Waals surface area contributed by atoms with E-state index in [9.17, 15) is 13.2 Å². The molecule has 0 aliphatic heterocycles. The van der Waals surface area contributed by atoms with Crippen LogP contribution >= 0.6 is 0 Å². The summed E-state index contributed by atoms with van der Waals surface area (Å²) in [5, 5.41) is 2.61. The van der Waals surface area contributed by atoms with Gasteiger partial charge in [0.25, 0.3) is 10.1 Å². The van der Waals surface area contributed by atoms with E-state index in [1.54, 1.807) is 6.07 Å². The van der Waals surface area contributed by atoms with Crippen molar-refractivity contribution in [2.45, 2.75) is 26.7 Å². The van der Waals surface area contributed by atoms with E-state index >= 15 is 0 Å². The zero-order chi connectivity index (χ0) is 14.5. The summed E-state index contributed by atoms with van der Waals surface area (Å²) >= 11 is 0. The molecule has 1 amide bonds.